The van der Waals surface area contributed by atoms with Gasteiger partial charge in [-0.2, -0.15) is 0 Å². The maximum Gasteiger partial charge on any atom is 0.280 e. The summed E-state index contributed by atoms with van der Waals surface area (Å²) in [5.41, 5.74) is 10.3. The molecule has 2 aromatic carbocycles. The molecule has 34 heavy (non-hydrogen) atoms. The Kier molecular flexibility index (Phi) is 6.22. The minimum absolute atomic E-state index is 0.0408. The Balaban J connectivity index is 1.56. The van der Waals surface area contributed by atoms with Crippen LogP contribution in [-0.4, -0.2) is 40.1 Å². The van der Waals surface area contributed by atoms with E-state index in [2.05, 4.69) is 20.6 Å². The van der Waals surface area contributed by atoms with Crippen molar-refractivity contribution in [3.05, 3.63) is 64.7 Å². The van der Waals surface area contributed by atoms with Crippen LogP contribution in [0, 0.1) is 20.8 Å². The van der Waals surface area contributed by atoms with Gasteiger partial charge in [-0.25, -0.2) is 9.67 Å². The third kappa shape index (κ3) is 4.29. The second-order valence-electron chi connectivity index (χ2n) is 7.77. The molecule has 0 atom stereocenters. The van der Waals surface area contributed by atoms with Crippen LogP contribution in [0.1, 0.15) is 33.1 Å². The Hall–Kier alpha value is -4.34. The zero-order valence-corrected chi connectivity index (χ0v) is 19.7. The smallest absolute Gasteiger partial charge is 0.280 e. The maximum absolute atomic E-state index is 12.8. The molecule has 2 heterocycles. The number of oxazole rings is 1. The van der Waals surface area contributed by atoms with Crippen LogP contribution >= 0.6 is 0 Å². The fraction of sp³-hybridized carbons (Fsp3) is 0.250. The van der Waals surface area contributed by atoms with Crippen molar-refractivity contribution in [2.75, 3.05) is 25.3 Å². The molecular formula is C24H26N6O4. The Morgan fingerprint density at radius 1 is 1.15 bits per heavy atom. The van der Waals surface area contributed by atoms with Gasteiger partial charge in [0, 0.05) is 11.8 Å². The van der Waals surface area contributed by atoms with Crippen LogP contribution < -0.4 is 20.5 Å². The van der Waals surface area contributed by atoms with Crippen LogP contribution in [0.5, 0.6) is 11.5 Å². The van der Waals surface area contributed by atoms with Crippen molar-refractivity contribution >= 4 is 17.4 Å². The number of rotatable bonds is 7. The predicted molar refractivity (Wildman–Crippen MR) is 127 cm³/mol. The SMILES string of the molecule is COc1ccc(-c2nc(Cn3nnc(C(=O)Nc4cccc(C)c4C)c3N)c(C)o2)c(OC)c1. The maximum atomic E-state index is 12.8. The monoisotopic (exact) mass is 462 g/mol. The molecule has 0 saturated heterocycles. The van der Waals surface area contributed by atoms with Gasteiger partial charge in [-0.1, -0.05) is 17.3 Å². The molecule has 0 bridgehead atoms. The number of anilines is 2. The minimum atomic E-state index is -0.432. The minimum Gasteiger partial charge on any atom is -0.497 e. The van der Waals surface area contributed by atoms with Crippen LogP contribution in [0.15, 0.2) is 40.8 Å². The standard InChI is InChI=1S/C24H26N6O4/c1-13-7-6-8-18(14(13)2)26-23(31)21-22(25)30(29-28-21)12-19-15(3)34-24(27-19)17-10-9-16(32-4)11-20(17)33-5/h6-11H,12,25H2,1-5H3,(H,26,31). The highest BCUT2D eigenvalue weighted by atomic mass is 16.5. The molecule has 0 aliphatic heterocycles. The Morgan fingerprint density at radius 2 is 1.94 bits per heavy atom. The lowest BCUT2D eigenvalue weighted by Gasteiger charge is -2.09. The lowest BCUT2D eigenvalue weighted by molar-refractivity contribution is 0.102. The topological polar surface area (TPSA) is 130 Å². The molecule has 4 rings (SSSR count). The molecule has 0 radical (unpaired) electrons. The molecule has 0 spiro atoms. The first-order chi connectivity index (χ1) is 16.3. The summed E-state index contributed by atoms with van der Waals surface area (Å²) in [7, 11) is 3.15. The van der Waals surface area contributed by atoms with E-state index >= 15 is 0 Å². The number of carbonyl (C=O) groups excluding carboxylic acids is 1. The zero-order chi connectivity index (χ0) is 24.4. The number of ether oxygens (including phenoxy) is 2. The first-order valence-electron chi connectivity index (χ1n) is 10.6. The van der Waals surface area contributed by atoms with Gasteiger partial charge in [0.15, 0.2) is 11.5 Å². The van der Waals surface area contributed by atoms with Crippen molar-refractivity contribution in [3.8, 4) is 23.0 Å². The number of hydrogen-bond acceptors (Lipinski definition) is 8. The van der Waals surface area contributed by atoms with Gasteiger partial charge in [0.1, 0.15) is 23.0 Å². The Bertz CT molecular complexity index is 1360. The number of nitrogen functional groups attached to an aromatic ring is 1. The fourth-order valence-corrected chi connectivity index (χ4v) is 3.47. The summed E-state index contributed by atoms with van der Waals surface area (Å²) in [4.78, 5) is 17.4. The van der Waals surface area contributed by atoms with Crippen molar-refractivity contribution in [1.29, 1.82) is 0 Å². The average Bonchev–Trinajstić information content (AvgIpc) is 3.38. The van der Waals surface area contributed by atoms with Gasteiger partial charge in [-0.3, -0.25) is 4.79 Å². The van der Waals surface area contributed by atoms with Crippen LogP contribution in [0.25, 0.3) is 11.5 Å². The van der Waals surface area contributed by atoms with E-state index in [0.29, 0.717) is 40.1 Å². The molecule has 176 valence electrons. The summed E-state index contributed by atoms with van der Waals surface area (Å²) in [6.45, 7) is 5.89. The van der Waals surface area contributed by atoms with Gasteiger partial charge in [-0.05, 0) is 50.1 Å². The molecule has 2 aromatic heterocycles. The van der Waals surface area contributed by atoms with E-state index in [4.69, 9.17) is 19.6 Å². The van der Waals surface area contributed by atoms with Crippen molar-refractivity contribution in [3.63, 3.8) is 0 Å². The summed E-state index contributed by atoms with van der Waals surface area (Å²) in [6.07, 6.45) is 0. The number of hydrogen-bond donors (Lipinski definition) is 2. The molecule has 0 saturated carbocycles. The number of nitrogens with two attached hydrogens (primary N) is 1. The van der Waals surface area contributed by atoms with Crippen LogP contribution in [-0.2, 0) is 6.54 Å². The third-order valence-corrected chi connectivity index (χ3v) is 5.67. The average molecular weight is 463 g/mol. The molecule has 0 unspecified atom stereocenters. The number of carbonyl (C=O) groups is 1. The van der Waals surface area contributed by atoms with E-state index in [0.717, 1.165) is 11.1 Å². The number of nitrogens with one attached hydrogen (secondary N) is 1. The Morgan fingerprint density at radius 3 is 2.68 bits per heavy atom. The van der Waals surface area contributed by atoms with E-state index in [1.807, 2.05) is 38.1 Å². The molecule has 1 amide bonds. The molecule has 3 N–H and O–H groups in total. The molecule has 10 nitrogen and oxygen atoms in total. The lowest BCUT2D eigenvalue weighted by Crippen LogP contribution is -2.16. The number of nitrogens with zero attached hydrogens (tertiary/aromatic N) is 4. The van der Waals surface area contributed by atoms with Crippen molar-refractivity contribution in [2.45, 2.75) is 27.3 Å². The van der Waals surface area contributed by atoms with E-state index < -0.39 is 5.91 Å². The quantitative estimate of drug-likeness (QED) is 0.425. The number of benzene rings is 2. The summed E-state index contributed by atoms with van der Waals surface area (Å²) in [5, 5.41) is 10.9. The van der Waals surface area contributed by atoms with Gasteiger partial charge >= 0.3 is 0 Å². The molecule has 0 aliphatic carbocycles. The van der Waals surface area contributed by atoms with E-state index in [1.165, 1.54) is 4.68 Å². The van der Waals surface area contributed by atoms with Gasteiger partial charge in [0.05, 0.1) is 26.3 Å². The summed E-state index contributed by atoms with van der Waals surface area (Å²) < 4.78 is 18.0. The van der Waals surface area contributed by atoms with Gasteiger partial charge < -0.3 is 24.9 Å². The van der Waals surface area contributed by atoms with E-state index in [-0.39, 0.29) is 18.1 Å². The van der Waals surface area contributed by atoms with Gasteiger partial charge in [0.2, 0.25) is 5.89 Å². The van der Waals surface area contributed by atoms with Gasteiger partial charge in [0.25, 0.3) is 5.91 Å². The summed E-state index contributed by atoms with van der Waals surface area (Å²) in [6, 6.07) is 11.0. The zero-order valence-electron chi connectivity index (χ0n) is 19.7. The predicted octanol–water partition coefficient (Wildman–Crippen LogP) is 3.76. The molecule has 0 fully saturated rings. The first kappa shape index (κ1) is 22.8. The molecule has 0 aliphatic rings. The number of amides is 1. The van der Waals surface area contributed by atoms with E-state index in [9.17, 15) is 4.79 Å². The van der Waals surface area contributed by atoms with Crippen molar-refractivity contribution in [2.24, 2.45) is 0 Å². The van der Waals surface area contributed by atoms with Gasteiger partial charge in [-0.15, -0.1) is 5.10 Å². The van der Waals surface area contributed by atoms with Crippen LogP contribution in [0.3, 0.4) is 0 Å². The molecule has 10 heteroatoms. The first-order valence-corrected chi connectivity index (χ1v) is 10.6. The fourth-order valence-electron chi connectivity index (χ4n) is 3.47. The lowest BCUT2D eigenvalue weighted by atomic mass is 10.1. The molecule has 4 aromatic rings. The van der Waals surface area contributed by atoms with Crippen molar-refractivity contribution < 1.29 is 18.7 Å². The van der Waals surface area contributed by atoms with Crippen LogP contribution in [0.2, 0.25) is 0 Å². The summed E-state index contributed by atoms with van der Waals surface area (Å²) in [5.74, 6) is 1.90. The highest BCUT2D eigenvalue weighted by Gasteiger charge is 2.21. The second kappa shape index (κ2) is 9.26. The van der Waals surface area contributed by atoms with Crippen LogP contribution in [0.4, 0.5) is 11.5 Å². The van der Waals surface area contributed by atoms with Crippen molar-refractivity contribution in [1.82, 2.24) is 20.0 Å². The highest BCUT2D eigenvalue weighted by Crippen LogP contribution is 2.34. The second-order valence-corrected chi connectivity index (χ2v) is 7.77. The third-order valence-electron chi connectivity index (χ3n) is 5.67. The summed E-state index contributed by atoms with van der Waals surface area (Å²) >= 11 is 0. The number of methoxy groups -OCH3 is 2. The molecular weight excluding hydrogens is 436 g/mol. The largest absolute Gasteiger partial charge is 0.497 e. The highest BCUT2D eigenvalue weighted by molar-refractivity contribution is 6.06. The van der Waals surface area contributed by atoms with E-state index in [1.54, 1.807) is 33.3 Å². The Labute approximate surface area is 196 Å². The normalized spacial score (nSPS) is 10.9. The number of aryl methyl sites for hydroxylation is 2. The number of aromatic nitrogens is 4.